The summed E-state index contributed by atoms with van der Waals surface area (Å²) in [5.74, 6) is 0. The quantitative estimate of drug-likeness (QED) is 0.502. The average Bonchev–Trinajstić information content (AvgIpc) is 2.05. The third-order valence-corrected chi connectivity index (χ3v) is 5.02. The van der Waals surface area contributed by atoms with Crippen LogP contribution in [0, 0.1) is 0 Å². The molecule has 0 aliphatic carbocycles. The maximum atomic E-state index is 5.57. The molecular weight excluding hydrogens is 200 g/mol. The molecule has 0 N–H and O–H groups in total. The van der Waals surface area contributed by atoms with Crippen LogP contribution in [0.4, 0.5) is 0 Å². The highest BCUT2D eigenvalue weighted by Crippen LogP contribution is 2.13. The van der Waals surface area contributed by atoms with Crippen LogP contribution in [0.3, 0.4) is 0 Å². The summed E-state index contributed by atoms with van der Waals surface area (Å²) in [6.07, 6.45) is 2.35. The summed E-state index contributed by atoms with van der Waals surface area (Å²) < 4.78 is 11.1. The summed E-state index contributed by atoms with van der Waals surface area (Å²) in [6, 6.07) is 1.03. The molecule has 0 rings (SSSR count). The number of thiol groups is 1. The van der Waals surface area contributed by atoms with Crippen LogP contribution >= 0.6 is 12.6 Å². The lowest BCUT2D eigenvalue weighted by molar-refractivity contribution is 0.213. The average molecular weight is 222 g/mol. The second-order valence-electron chi connectivity index (χ2n) is 3.02. The fraction of sp³-hybridized carbons (Fsp3) is 1.00. The smallest absolute Gasteiger partial charge is 0.322 e. The van der Waals surface area contributed by atoms with Crippen molar-refractivity contribution in [3.8, 4) is 0 Å². The molecule has 0 aliphatic rings. The van der Waals surface area contributed by atoms with Gasteiger partial charge in [0.25, 0.3) is 0 Å². The molecule has 13 heavy (non-hydrogen) atoms. The summed E-state index contributed by atoms with van der Waals surface area (Å²) in [6.45, 7) is 7.76. The highest BCUT2D eigenvalue weighted by Gasteiger charge is 2.16. The van der Waals surface area contributed by atoms with Gasteiger partial charge >= 0.3 is 9.28 Å². The fourth-order valence-electron chi connectivity index (χ4n) is 1.23. The topological polar surface area (TPSA) is 18.5 Å². The largest absolute Gasteiger partial charge is 0.397 e. The van der Waals surface area contributed by atoms with Gasteiger partial charge in [-0.2, -0.15) is 12.6 Å². The van der Waals surface area contributed by atoms with E-state index in [2.05, 4.69) is 19.6 Å². The van der Waals surface area contributed by atoms with E-state index in [1.165, 1.54) is 6.42 Å². The Labute approximate surface area is 89.3 Å². The molecule has 0 aromatic rings. The van der Waals surface area contributed by atoms with Crippen molar-refractivity contribution in [3.63, 3.8) is 0 Å². The van der Waals surface area contributed by atoms with Gasteiger partial charge in [-0.1, -0.05) is 13.3 Å². The van der Waals surface area contributed by atoms with Crippen molar-refractivity contribution in [3.05, 3.63) is 0 Å². The van der Waals surface area contributed by atoms with Crippen molar-refractivity contribution in [1.29, 1.82) is 0 Å². The first-order valence-corrected chi connectivity index (χ1v) is 7.43. The maximum absolute atomic E-state index is 5.57. The van der Waals surface area contributed by atoms with Gasteiger partial charge in [0.1, 0.15) is 0 Å². The summed E-state index contributed by atoms with van der Waals surface area (Å²) in [7, 11) is -1.40. The van der Waals surface area contributed by atoms with E-state index in [-0.39, 0.29) is 0 Å². The standard InChI is InChI=1S/C9H22O2SSi/c1-4-7-9(12)8-13(10-5-2)11-6-3/h9,12-13H,4-8H2,1-3H3. The zero-order valence-corrected chi connectivity index (χ0v) is 11.0. The Morgan fingerprint density at radius 1 is 1.15 bits per heavy atom. The lowest BCUT2D eigenvalue weighted by Crippen LogP contribution is -2.26. The van der Waals surface area contributed by atoms with Crippen molar-refractivity contribution >= 4 is 21.9 Å². The number of hydrogen-bond acceptors (Lipinski definition) is 3. The molecule has 80 valence electrons. The Kier molecular flexibility index (Phi) is 9.40. The minimum atomic E-state index is -1.40. The Hall–Kier alpha value is 0.487. The van der Waals surface area contributed by atoms with Gasteiger partial charge in [0.15, 0.2) is 0 Å². The van der Waals surface area contributed by atoms with E-state index in [4.69, 9.17) is 8.85 Å². The number of rotatable bonds is 8. The molecule has 0 saturated heterocycles. The van der Waals surface area contributed by atoms with Crippen LogP contribution in [0.25, 0.3) is 0 Å². The van der Waals surface area contributed by atoms with Crippen LogP contribution in [-0.4, -0.2) is 27.7 Å². The Morgan fingerprint density at radius 3 is 2.08 bits per heavy atom. The van der Waals surface area contributed by atoms with Crippen LogP contribution in [0.2, 0.25) is 6.04 Å². The normalized spacial score (nSPS) is 13.6. The van der Waals surface area contributed by atoms with Crippen molar-refractivity contribution in [1.82, 2.24) is 0 Å². The molecule has 0 aromatic carbocycles. The van der Waals surface area contributed by atoms with E-state index < -0.39 is 9.28 Å². The van der Waals surface area contributed by atoms with Crippen LogP contribution in [0.5, 0.6) is 0 Å². The second kappa shape index (κ2) is 9.06. The monoisotopic (exact) mass is 222 g/mol. The van der Waals surface area contributed by atoms with Gasteiger partial charge in [0, 0.05) is 18.5 Å². The summed E-state index contributed by atoms with van der Waals surface area (Å²) in [5.41, 5.74) is 0. The molecular formula is C9H22O2SSi. The molecule has 0 fully saturated rings. The minimum absolute atomic E-state index is 0.458. The molecule has 0 spiro atoms. The predicted octanol–water partition coefficient (Wildman–Crippen LogP) is 2.38. The molecule has 0 heterocycles. The molecule has 0 radical (unpaired) electrons. The molecule has 0 amide bonds. The lowest BCUT2D eigenvalue weighted by Gasteiger charge is -2.17. The molecule has 2 nitrogen and oxygen atoms in total. The molecule has 4 heteroatoms. The molecule has 0 bridgehead atoms. The van der Waals surface area contributed by atoms with Crippen LogP contribution in [0.1, 0.15) is 33.6 Å². The summed E-state index contributed by atoms with van der Waals surface area (Å²) in [4.78, 5) is 0. The van der Waals surface area contributed by atoms with Gasteiger partial charge < -0.3 is 8.85 Å². The Bertz CT molecular complexity index is 108. The van der Waals surface area contributed by atoms with Crippen molar-refractivity contribution in [2.24, 2.45) is 0 Å². The zero-order chi connectivity index (χ0) is 10.1. The third-order valence-electron chi connectivity index (χ3n) is 1.79. The number of hydrogen-bond donors (Lipinski definition) is 1. The molecule has 1 unspecified atom stereocenters. The van der Waals surface area contributed by atoms with Crippen molar-refractivity contribution < 1.29 is 8.85 Å². The van der Waals surface area contributed by atoms with Gasteiger partial charge in [-0.25, -0.2) is 0 Å². The van der Waals surface area contributed by atoms with Gasteiger partial charge in [-0.05, 0) is 26.3 Å². The minimum Gasteiger partial charge on any atom is -0.397 e. The highest BCUT2D eigenvalue weighted by molar-refractivity contribution is 7.81. The van der Waals surface area contributed by atoms with Crippen LogP contribution < -0.4 is 0 Å². The van der Waals surface area contributed by atoms with E-state index >= 15 is 0 Å². The molecule has 1 atom stereocenters. The van der Waals surface area contributed by atoms with Gasteiger partial charge in [0.2, 0.25) is 0 Å². The first-order valence-electron chi connectivity index (χ1n) is 5.15. The lowest BCUT2D eigenvalue weighted by atomic mass is 10.3. The fourth-order valence-corrected chi connectivity index (χ4v) is 3.80. The van der Waals surface area contributed by atoms with E-state index in [1.54, 1.807) is 0 Å². The summed E-state index contributed by atoms with van der Waals surface area (Å²) in [5, 5.41) is 0.458. The van der Waals surface area contributed by atoms with Gasteiger partial charge in [-0.15, -0.1) is 0 Å². The summed E-state index contributed by atoms with van der Waals surface area (Å²) >= 11 is 4.51. The van der Waals surface area contributed by atoms with Gasteiger partial charge in [-0.3, -0.25) is 0 Å². The van der Waals surface area contributed by atoms with E-state index in [0.717, 1.165) is 25.7 Å². The third kappa shape index (κ3) is 7.55. The van der Waals surface area contributed by atoms with E-state index in [1.807, 2.05) is 13.8 Å². The molecule has 0 aliphatic heterocycles. The zero-order valence-electron chi connectivity index (χ0n) is 8.95. The molecule has 0 saturated carbocycles. The maximum Gasteiger partial charge on any atom is 0.322 e. The highest BCUT2D eigenvalue weighted by atomic mass is 32.1. The second-order valence-corrected chi connectivity index (χ2v) is 5.75. The van der Waals surface area contributed by atoms with E-state index in [0.29, 0.717) is 5.25 Å². The first-order chi connectivity index (χ1) is 6.24. The van der Waals surface area contributed by atoms with Crippen molar-refractivity contribution in [2.45, 2.75) is 44.9 Å². The van der Waals surface area contributed by atoms with Crippen molar-refractivity contribution in [2.75, 3.05) is 13.2 Å². The van der Waals surface area contributed by atoms with Crippen LogP contribution in [0.15, 0.2) is 0 Å². The SMILES string of the molecule is CCCC(S)C[SiH](OCC)OCC. The Morgan fingerprint density at radius 2 is 1.69 bits per heavy atom. The first kappa shape index (κ1) is 13.5. The molecule has 0 aromatic heterocycles. The van der Waals surface area contributed by atoms with Crippen LogP contribution in [-0.2, 0) is 8.85 Å². The van der Waals surface area contributed by atoms with Gasteiger partial charge in [0.05, 0.1) is 0 Å². The van der Waals surface area contributed by atoms with E-state index in [9.17, 15) is 0 Å². The predicted molar refractivity (Wildman–Crippen MR) is 62.9 cm³/mol. The Balaban J connectivity index is 3.64.